The first-order chi connectivity index (χ1) is 12.5. The van der Waals surface area contributed by atoms with Gasteiger partial charge in [-0.25, -0.2) is 18.7 Å². The van der Waals surface area contributed by atoms with E-state index in [2.05, 4.69) is 20.6 Å². The van der Waals surface area contributed by atoms with E-state index >= 15 is 0 Å². The van der Waals surface area contributed by atoms with Gasteiger partial charge in [0.05, 0.1) is 5.01 Å². The number of halogens is 2. The molecule has 8 heteroatoms. The minimum atomic E-state index is -2.59. The summed E-state index contributed by atoms with van der Waals surface area (Å²) < 4.78 is 26.5. The highest BCUT2D eigenvalue weighted by atomic mass is 32.1. The number of hydrogen-bond donors (Lipinski definition) is 2. The van der Waals surface area contributed by atoms with Gasteiger partial charge in [-0.15, -0.1) is 0 Å². The highest BCUT2D eigenvalue weighted by Crippen LogP contribution is 2.33. The molecule has 2 aliphatic rings. The van der Waals surface area contributed by atoms with Gasteiger partial charge in [0, 0.05) is 24.8 Å². The van der Waals surface area contributed by atoms with Crippen LogP contribution in [-0.2, 0) is 0 Å². The van der Waals surface area contributed by atoms with Gasteiger partial charge in [-0.3, -0.25) is 4.79 Å². The van der Waals surface area contributed by atoms with Crippen LogP contribution in [0.1, 0.15) is 59.9 Å². The van der Waals surface area contributed by atoms with Crippen LogP contribution in [-0.4, -0.2) is 40.9 Å². The van der Waals surface area contributed by atoms with Crippen molar-refractivity contribution < 1.29 is 13.6 Å². The Morgan fingerprint density at radius 3 is 2.62 bits per heavy atom. The molecule has 0 atom stereocenters. The Kier molecular flexibility index (Phi) is 4.88. The van der Waals surface area contributed by atoms with E-state index in [-0.39, 0.29) is 24.8 Å². The zero-order valence-corrected chi connectivity index (χ0v) is 15.2. The summed E-state index contributed by atoms with van der Waals surface area (Å²) in [5.74, 6) is -2.43. The van der Waals surface area contributed by atoms with Crippen molar-refractivity contribution in [2.45, 2.75) is 56.4 Å². The van der Waals surface area contributed by atoms with Crippen LogP contribution in [0.15, 0.2) is 12.1 Å². The molecule has 0 aromatic carbocycles. The average molecular weight is 380 g/mol. The van der Waals surface area contributed by atoms with Crippen molar-refractivity contribution in [3.63, 3.8) is 0 Å². The van der Waals surface area contributed by atoms with Crippen LogP contribution in [0.5, 0.6) is 0 Å². The van der Waals surface area contributed by atoms with E-state index in [1.54, 1.807) is 17.4 Å². The summed E-state index contributed by atoms with van der Waals surface area (Å²) in [7, 11) is 0. The molecule has 0 radical (unpaired) electrons. The zero-order valence-electron chi connectivity index (χ0n) is 14.4. The molecule has 3 heterocycles. The molecule has 5 nitrogen and oxygen atoms in total. The molecule has 1 amide bonds. The molecule has 1 aliphatic heterocycles. The maximum absolute atomic E-state index is 13.2. The van der Waals surface area contributed by atoms with Crippen molar-refractivity contribution in [1.82, 2.24) is 20.6 Å². The number of carbonyl (C=O) groups is 1. The van der Waals surface area contributed by atoms with Gasteiger partial charge in [0.25, 0.3) is 5.91 Å². The third kappa shape index (κ3) is 3.86. The van der Waals surface area contributed by atoms with Crippen LogP contribution in [0.2, 0.25) is 0 Å². The molecule has 0 bridgehead atoms. The molecule has 0 unspecified atom stereocenters. The number of thiazole rings is 1. The Balaban J connectivity index is 1.45. The second kappa shape index (κ2) is 7.15. The maximum atomic E-state index is 13.2. The first-order valence-corrected chi connectivity index (χ1v) is 9.99. The molecular weight excluding hydrogens is 358 g/mol. The number of carbonyl (C=O) groups excluding carboxylic acids is 1. The number of amides is 1. The number of alkyl halides is 2. The van der Waals surface area contributed by atoms with Gasteiger partial charge in [0.15, 0.2) is 0 Å². The van der Waals surface area contributed by atoms with E-state index in [1.165, 1.54) is 0 Å². The highest BCUT2D eigenvalue weighted by Gasteiger charge is 2.35. The second-order valence-corrected chi connectivity index (χ2v) is 8.21. The van der Waals surface area contributed by atoms with E-state index in [1.807, 2.05) is 6.07 Å². The number of fused-ring (bicyclic) bond motifs is 1. The monoisotopic (exact) mass is 380 g/mol. The first-order valence-electron chi connectivity index (χ1n) is 9.17. The van der Waals surface area contributed by atoms with Crippen LogP contribution < -0.4 is 10.6 Å². The summed E-state index contributed by atoms with van der Waals surface area (Å²) in [6.07, 6.45) is 2.42. The second-order valence-electron chi connectivity index (χ2n) is 7.20. The largest absolute Gasteiger partial charge is 0.348 e. The fourth-order valence-electron chi connectivity index (χ4n) is 3.65. The lowest BCUT2D eigenvalue weighted by molar-refractivity contribution is -0.0399. The Morgan fingerprint density at radius 1 is 1.15 bits per heavy atom. The lowest BCUT2D eigenvalue weighted by Gasteiger charge is -2.28. The molecule has 2 aromatic heterocycles. The van der Waals surface area contributed by atoms with E-state index in [4.69, 9.17) is 0 Å². The van der Waals surface area contributed by atoms with Crippen molar-refractivity contribution in [3.8, 4) is 0 Å². The Morgan fingerprint density at radius 2 is 1.88 bits per heavy atom. The molecule has 1 saturated heterocycles. The molecule has 2 aromatic rings. The molecule has 1 saturated carbocycles. The fourth-order valence-corrected chi connectivity index (χ4v) is 4.75. The van der Waals surface area contributed by atoms with Crippen molar-refractivity contribution in [2.24, 2.45) is 0 Å². The molecule has 140 valence electrons. The maximum Gasteiger partial charge on any atom is 0.270 e. The number of rotatable bonds is 3. The summed E-state index contributed by atoms with van der Waals surface area (Å²) in [4.78, 5) is 22.4. The Bertz CT molecular complexity index is 794. The average Bonchev–Trinajstić information content (AvgIpc) is 3.07. The number of hydrogen-bond acceptors (Lipinski definition) is 5. The van der Waals surface area contributed by atoms with E-state index in [0.717, 1.165) is 41.3 Å². The highest BCUT2D eigenvalue weighted by molar-refractivity contribution is 7.18. The summed E-state index contributed by atoms with van der Waals surface area (Å²) in [6, 6.07) is 3.29. The quantitative estimate of drug-likeness (QED) is 0.856. The molecule has 26 heavy (non-hydrogen) atoms. The fraction of sp³-hybridized carbons (Fsp3) is 0.611. The third-order valence-electron chi connectivity index (χ3n) is 5.25. The molecular formula is C18H22F2N4OS. The summed E-state index contributed by atoms with van der Waals surface area (Å²) in [5.41, 5.74) is 1.15. The van der Waals surface area contributed by atoms with Gasteiger partial charge in [0.2, 0.25) is 5.92 Å². The molecule has 1 aliphatic carbocycles. The lowest BCUT2D eigenvalue weighted by Crippen LogP contribution is -2.40. The van der Waals surface area contributed by atoms with Gasteiger partial charge >= 0.3 is 0 Å². The SMILES string of the molecule is O=C(NC1CCC(F)(F)CC1)c1ccc2nc(C3CCNCC3)sc2n1. The van der Waals surface area contributed by atoms with E-state index in [0.29, 0.717) is 24.5 Å². The number of piperidine rings is 1. The normalized spacial score (nSPS) is 21.8. The summed E-state index contributed by atoms with van der Waals surface area (Å²) in [5, 5.41) is 7.28. The molecule has 2 N–H and O–H groups in total. The number of nitrogens with one attached hydrogen (secondary N) is 2. The smallest absolute Gasteiger partial charge is 0.270 e. The topological polar surface area (TPSA) is 66.9 Å². The van der Waals surface area contributed by atoms with Crippen LogP contribution in [0.25, 0.3) is 10.3 Å². The van der Waals surface area contributed by atoms with E-state index in [9.17, 15) is 13.6 Å². The molecule has 4 rings (SSSR count). The number of nitrogens with zero attached hydrogens (tertiary/aromatic N) is 2. The third-order valence-corrected chi connectivity index (χ3v) is 6.37. The van der Waals surface area contributed by atoms with Gasteiger partial charge < -0.3 is 10.6 Å². The molecule has 2 fully saturated rings. The zero-order chi connectivity index (χ0) is 18.1. The van der Waals surface area contributed by atoms with Crippen molar-refractivity contribution in [1.29, 1.82) is 0 Å². The first kappa shape index (κ1) is 17.7. The minimum absolute atomic E-state index is 0.168. The van der Waals surface area contributed by atoms with Crippen LogP contribution in [0.4, 0.5) is 8.78 Å². The number of aromatic nitrogens is 2. The van der Waals surface area contributed by atoms with Crippen LogP contribution in [0.3, 0.4) is 0 Å². The standard InChI is InChI=1S/C18H22F2N4OS/c19-18(20)7-3-12(4-8-18)22-15(25)13-1-2-14-17(23-13)26-16(24-14)11-5-9-21-10-6-11/h1-2,11-12,21H,3-10H2,(H,22,25). The van der Waals surface area contributed by atoms with Gasteiger partial charge in [-0.05, 0) is 50.9 Å². The summed E-state index contributed by atoms with van der Waals surface area (Å²) in [6.45, 7) is 2.00. The van der Waals surface area contributed by atoms with Gasteiger partial charge in [-0.2, -0.15) is 0 Å². The van der Waals surface area contributed by atoms with Crippen molar-refractivity contribution >= 4 is 27.6 Å². The van der Waals surface area contributed by atoms with Gasteiger partial charge in [0.1, 0.15) is 16.0 Å². The van der Waals surface area contributed by atoms with Crippen molar-refractivity contribution in [3.05, 3.63) is 22.8 Å². The summed E-state index contributed by atoms with van der Waals surface area (Å²) >= 11 is 1.55. The lowest BCUT2D eigenvalue weighted by atomic mass is 9.92. The van der Waals surface area contributed by atoms with E-state index < -0.39 is 5.92 Å². The number of pyridine rings is 1. The van der Waals surface area contributed by atoms with Crippen LogP contribution >= 0.6 is 11.3 Å². The Hall–Kier alpha value is -1.67. The van der Waals surface area contributed by atoms with Gasteiger partial charge in [-0.1, -0.05) is 11.3 Å². The van der Waals surface area contributed by atoms with Crippen LogP contribution in [0, 0.1) is 0 Å². The predicted octanol–water partition coefficient (Wildman–Crippen LogP) is 3.47. The minimum Gasteiger partial charge on any atom is -0.348 e. The van der Waals surface area contributed by atoms with Crippen molar-refractivity contribution in [2.75, 3.05) is 13.1 Å². The predicted molar refractivity (Wildman–Crippen MR) is 96.9 cm³/mol. The molecule has 0 spiro atoms. The Labute approximate surface area is 154 Å².